The van der Waals surface area contributed by atoms with Crippen LogP contribution in [-0.2, 0) is 11.2 Å². The van der Waals surface area contributed by atoms with Crippen molar-refractivity contribution >= 4 is 34.4 Å². The quantitative estimate of drug-likeness (QED) is 0.491. The van der Waals surface area contributed by atoms with Gasteiger partial charge in [-0.25, -0.2) is 19.0 Å². The Balaban J connectivity index is 1.58. The van der Waals surface area contributed by atoms with E-state index < -0.39 is 28.9 Å². The molecule has 0 radical (unpaired) electrons. The lowest BCUT2D eigenvalue weighted by molar-refractivity contribution is 0.0205. The van der Waals surface area contributed by atoms with E-state index in [1.54, 1.807) is 16.5 Å². The van der Waals surface area contributed by atoms with Gasteiger partial charge in [0, 0.05) is 24.2 Å². The summed E-state index contributed by atoms with van der Waals surface area (Å²) in [5.74, 6) is -2.02. The van der Waals surface area contributed by atoms with Crippen molar-refractivity contribution in [1.82, 2.24) is 14.5 Å². The number of hydrogen-bond acceptors (Lipinski definition) is 6. The Morgan fingerprint density at radius 3 is 2.61 bits per heavy atom. The summed E-state index contributed by atoms with van der Waals surface area (Å²) in [5.41, 5.74) is -0.370. The number of carbonyl (C=O) groups excluding carboxylic acids is 1. The van der Waals surface area contributed by atoms with Gasteiger partial charge in [-0.05, 0) is 70.6 Å². The highest BCUT2D eigenvalue weighted by atomic mass is 32.1. The molecule has 1 amide bonds. The van der Waals surface area contributed by atoms with Gasteiger partial charge >= 0.3 is 12.1 Å². The van der Waals surface area contributed by atoms with Crippen LogP contribution in [0.3, 0.4) is 0 Å². The summed E-state index contributed by atoms with van der Waals surface area (Å²) < 4.78 is 22.6. The Morgan fingerprint density at radius 1 is 1.25 bits per heavy atom. The first-order valence-corrected chi connectivity index (χ1v) is 12.8. The van der Waals surface area contributed by atoms with E-state index >= 15 is 4.39 Å². The van der Waals surface area contributed by atoms with Crippen LogP contribution >= 0.6 is 11.3 Å². The summed E-state index contributed by atoms with van der Waals surface area (Å²) in [6.45, 7) is 5.47. The molecule has 5 rings (SSSR count). The molecule has 0 aliphatic heterocycles. The molecule has 10 heteroatoms. The SMILES string of the molecule is CN(C(=O)OC(C)(C)C)C1CCCc2sc(-c3nc4c(cc3F)c(=O)c(C(=O)O)cn4C3CC3)cc21. The van der Waals surface area contributed by atoms with E-state index in [1.807, 2.05) is 26.8 Å². The van der Waals surface area contributed by atoms with Crippen molar-refractivity contribution in [2.75, 3.05) is 7.05 Å². The number of carboxylic acid groups (broad SMARTS) is 1. The fourth-order valence-corrected chi connectivity index (χ4v) is 5.97. The third-order valence-corrected chi connectivity index (χ3v) is 7.81. The number of carboxylic acids is 1. The number of aromatic carboxylic acids is 1. The molecule has 2 aliphatic carbocycles. The van der Waals surface area contributed by atoms with Crippen LogP contribution < -0.4 is 5.43 Å². The van der Waals surface area contributed by atoms with E-state index in [1.165, 1.54) is 17.5 Å². The Bertz CT molecular complexity index is 1450. The predicted molar refractivity (Wildman–Crippen MR) is 134 cm³/mol. The molecule has 0 spiro atoms. The van der Waals surface area contributed by atoms with Gasteiger partial charge in [0.05, 0.1) is 16.3 Å². The molecule has 1 unspecified atom stereocenters. The molecule has 3 heterocycles. The normalized spacial score (nSPS) is 17.6. The van der Waals surface area contributed by atoms with Crippen LogP contribution in [0, 0.1) is 5.82 Å². The van der Waals surface area contributed by atoms with Gasteiger partial charge in [0.15, 0.2) is 5.82 Å². The fourth-order valence-electron chi connectivity index (χ4n) is 4.72. The molecule has 1 fully saturated rings. The second-order valence-corrected chi connectivity index (χ2v) is 11.6. The molecule has 3 aromatic rings. The monoisotopic (exact) mass is 513 g/mol. The maximum Gasteiger partial charge on any atom is 0.410 e. The van der Waals surface area contributed by atoms with Crippen LogP contribution in [0.1, 0.15) is 79.3 Å². The van der Waals surface area contributed by atoms with Crippen molar-refractivity contribution in [3.8, 4) is 10.6 Å². The topological polar surface area (TPSA) is 102 Å². The van der Waals surface area contributed by atoms with E-state index in [4.69, 9.17) is 4.74 Å². The fraction of sp³-hybridized carbons (Fsp3) is 0.462. The number of nitrogens with zero attached hydrogens (tertiary/aromatic N) is 3. The maximum absolute atomic E-state index is 15.4. The first kappa shape index (κ1) is 24.4. The number of fused-ring (bicyclic) bond motifs is 2. The highest BCUT2D eigenvalue weighted by Crippen LogP contribution is 2.43. The predicted octanol–water partition coefficient (Wildman–Crippen LogP) is 5.54. The minimum absolute atomic E-state index is 0.0353. The second kappa shape index (κ2) is 8.69. The zero-order valence-electron chi connectivity index (χ0n) is 20.6. The molecule has 190 valence electrons. The number of thiophene rings is 1. The van der Waals surface area contributed by atoms with Gasteiger partial charge in [-0.15, -0.1) is 11.3 Å². The van der Waals surface area contributed by atoms with E-state index in [0.717, 1.165) is 48.6 Å². The van der Waals surface area contributed by atoms with Gasteiger partial charge in [0.1, 0.15) is 22.5 Å². The second-order valence-electron chi connectivity index (χ2n) is 10.5. The summed E-state index contributed by atoms with van der Waals surface area (Å²) in [7, 11) is 1.72. The number of pyridine rings is 2. The average molecular weight is 514 g/mol. The van der Waals surface area contributed by atoms with Crippen molar-refractivity contribution in [2.45, 2.75) is 70.6 Å². The van der Waals surface area contributed by atoms with Crippen LogP contribution in [0.5, 0.6) is 0 Å². The number of carbonyl (C=O) groups is 2. The third kappa shape index (κ3) is 4.38. The van der Waals surface area contributed by atoms with Gasteiger partial charge in [-0.1, -0.05) is 0 Å². The van der Waals surface area contributed by atoms with Crippen molar-refractivity contribution in [2.24, 2.45) is 0 Å². The van der Waals surface area contributed by atoms with Gasteiger partial charge in [0.25, 0.3) is 0 Å². The molecule has 0 saturated heterocycles. The molecular formula is C26H28FN3O5S. The van der Waals surface area contributed by atoms with E-state index in [0.29, 0.717) is 4.88 Å². The standard InChI is InChI=1S/C26H28FN3O5S/c1-26(2,3)35-25(34)29(4)18-6-5-7-19-14(18)11-20(36-19)21-17(27)10-15-22(31)16(24(32)33)12-30(13-8-9-13)23(15)28-21/h10-13,18H,5-9H2,1-4H3,(H,32,33). The number of rotatable bonds is 4. The molecule has 0 bridgehead atoms. The molecular weight excluding hydrogens is 485 g/mol. The first-order chi connectivity index (χ1) is 16.9. The van der Waals surface area contributed by atoms with Gasteiger partial charge in [-0.3, -0.25) is 4.79 Å². The Labute approximate surface area is 211 Å². The third-order valence-electron chi connectivity index (χ3n) is 6.59. The van der Waals surface area contributed by atoms with Crippen molar-refractivity contribution in [3.05, 3.63) is 50.4 Å². The molecule has 8 nitrogen and oxygen atoms in total. The Morgan fingerprint density at radius 2 is 1.97 bits per heavy atom. The van der Waals surface area contributed by atoms with Crippen LogP contribution in [-0.4, -0.2) is 44.3 Å². The molecule has 1 saturated carbocycles. The molecule has 2 aliphatic rings. The summed E-state index contributed by atoms with van der Waals surface area (Å²) in [6.07, 6.45) is 5.08. The van der Waals surface area contributed by atoms with E-state index in [9.17, 15) is 19.5 Å². The summed E-state index contributed by atoms with van der Waals surface area (Å²) in [4.78, 5) is 44.9. The van der Waals surface area contributed by atoms with Gasteiger partial charge in [-0.2, -0.15) is 0 Å². The molecule has 1 N–H and O–H groups in total. The summed E-state index contributed by atoms with van der Waals surface area (Å²) in [5, 5.41) is 9.42. The number of hydrogen-bond donors (Lipinski definition) is 1. The molecule has 3 aromatic heterocycles. The average Bonchev–Trinajstić information content (AvgIpc) is 3.54. The largest absolute Gasteiger partial charge is 0.477 e. The summed E-state index contributed by atoms with van der Waals surface area (Å²) >= 11 is 1.44. The number of aromatic nitrogens is 2. The van der Waals surface area contributed by atoms with E-state index in [-0.39, 0.29) is 34.4 Å². The minimum Gasteiger partial charge on any atom is -0.477 e. The lowest BCUT2D eigenvalue weighted by Crippen LogP contribution is -2.37. The summed E-state index contributed by atoms with van der Waals surface area (Å²) in [6, 6.07) is 2.84. The lowest BCUT2D eigenvalue weighted by atomic mass is 9.92. The van der Waals surface area contributed by atoms with Gasteiger partial charge < -0.3 is 19.3 Å². The lowest BCUT2D eigenvalue weighted by Gasteiger charge is -2.33. The number of aryl methyl sites for hydroxylation is 1. The number of halogens is 1. The Hall–Kier alpha value is -3.27. The van der Waals surface area contributed by atoms with Crippen LogP contribution in [0.25, 0.3) is 21.6 Å². The zero-order valence-corrected chi connectivity index (χ0v) is 21.4. The zero-order chi connectivity index (χ0) is 25.9. The van der Waals surface area contributed by atoms with Crippen LogP contribution in [0.15, 0.2) is 23.1 Å². The van der Waals surface area contributed by atoms with Crippen LogP contribution in [0.2, 0.25) is 0 Å². The first-order valence-electron chi connectivity index (χ1n) is 12.0. The highest BCUT2D eigenvalue weighted by molar-refractivity contribution is 7.15. The maximum atomic E-state index is 15.4. The van der Waals surface area contributed by atoms with Crippen molar-refractivity contribution in [1.29, 1.82) is 0 Å². The number of amides is 1. The van der Waals surface area contributed by atoms with E-state index in [2.05, 4.69) is 4.98 Å². The Kier molecular flexibility index (Phi) is 5.89. The minimum atomic E-state index is -1.34. The van der Waals surface area contributed by atoms with Crippen molar-refractivity contribution < 1.29 is 23.8 Å². The highest BCUT2D eigenvalue weighted by Gasteiger charge is 2.33. The smallest absolute Gasteiger partial charge is 0.410 e. The van der Waals surface area contributed by atoms with Crippen LogP contribution in [0.4, 0.5) is 9.18 Å². The molecule has 1 atom stereocenters. The molecule has 0 aromatic carbocycles. The molecule has 36 heavy (non-hydrogen) atoms. The van der Waals surface area contributed by atoms with Crippen molar-refractivity contribution in [3.63, 3.8) is 0 Å². The van der Waals surface area contributed by atoms with Gasteiger partial charge in [0.2, 0.25) is 5.43 Å². The number of ether oxygens (including phenoxy) is 1.